The van der Waals surface area contributed by atoms with E-state index in [2.05, 4.69) is 20.8 Å². The number of aliphatic hydroxyl groups is 1. The zero-order valence-corrected chi connectivity index (χ0v) is 30.3. The number of ether oxygens (including phenoxy) is 3. The Hall–Kier alpha value is -1.14. The highest BCUT2D eigenvalue weighted by atomic mass is 16.6. The first-order valence-electron chi connectivity index (χ1n) is 19.6. The Bertz CT molecular complexity index is 625. The van der Waals surface area contributed by atoms with E-state index in [1.807, 2.05) is 0 Å². The molecule has 0 amide bonds. The zero-order chi connectivity index (χ0) is 33.1. The molecular weight excluding hydrogens is 564 g/mol. The van der Waals surface area contributed by atoms with Crippen LogP contribution in [-0.4, -0.2) is 49.1 Å². The molecule has 0 heterocycles. The molecule has 268 valence electrons. The van der Waals surface area contributed by atoms with Gasteiger partial charge in [0.15, 0.2) is 0 Å². The van der Waals surface area contributed by atoms with Crippen molar-refractivity contribution in [3.8, 4) is 0 Å². The number of hydrogen-bond donors (Lipinski definition) is 1. The zero-order valence-electron chi connectivity index (χ0n) is 30.3. The summed E-state index contributed by atoms with van der Waals surface area (Å²) in [5.74, 6) is -0.356. The second-order valence-corrected chi connectivity index (χ2v) is 13.3. The van der Waals surface area contributed by atoms with E-state index in [0.29, 0.717) is 25.9 Å². The van der Waals surface area contributed by atoms with Crippen molar-refractivity contribution < 1.29 is 28.9 Å². The maximum absolute atomic E-state index is 12.6. The van der Waals surface area contributed by atoms with Crippen molar-refractivity contribution in [3.63, 3.8) is 0 Å². The molecule has 0 fully saturated rings. The number of unbranched alkanes of at least 4 members (excludes halogenated alkanes) is 22. The van der Waals surface area contributed by atoms with Crippen LogP contribution in [0.4, 0.5) is 0 Å². The summed E-state index contributed by atoms with van der Waals surface area (Å²) in [7, 11) is 0. The lowest BCUT2D eigenvalue weighted by Gasteiger charge is -2.20. The van der Waals surface area contributed by atoms with E-state index >= 15 is 0 Å². The summed E-state index contributed by atoms with van der Waals surface area (Å²) in [5.41, 5.74) is 0. The average molecular weight is 641 g/mol. The highest BCUT2D eigenvalue weighted by molar-refractivity contribution is 5.69. The molecule has 45 heavy (non-hydrogen) atoms. The third-order valence-electron chi connectivity index (χ3n) is 8.79. The van der Waals surface area contributed by atoms with Crippen LogP contribution < -0.4 is 0 Å². The summed E-state index contributed by atoms with van der Waals surface area (Å²) in [6, 6.07) is 0. The van der Waals surface area contributed by atoms with Gasteiger partial charge in [-0.3, -0.25) is 9.59 Å². The largest absolute Gasteiger partial charge is 0.462 e. The van der Waals surface area contributed by atoms with Crippen molar-refractivity contribution in [3.05, 3.63) is 0 Å². The standard InChI is InChI=1S/C39H76O6/c1-4-7-10-13-15-17-18-20-22-25-28-31-39(42)45-37(34-40)35-43-33-32-36(29-26-23-12-9-6-3)44-38(41)30-27-24-21-19-16-14-11-8-5-2/h36-37,40H,4-35H2,1-3H3/t36-,37-/m1/s1. The minimum absolute atomic E-state index is 0.0962. The van der Waals surface area contributed by atoms with Crippen LogP contribution in [0, 0.1) is 0 Å². The molecule has 0 bridgehead atoms. The molecule has 0 aliphatic rings. The molecule has 0 aliphatic heterocycles. The van der Waals surface area contributed by atoms with Crippen molar-refractivity contribution in [1.29, 1.82) is 0 Å². The normalized spacial score (nSPS) is 12.7. The predicted molar refractivity (Wildman–Crippen MR) is 189 cm³/mol. The van der Waals surface area contributed by atoms with Gasteiger partial charge in [-0.15, -0.1) is 0 Å². The molecule has 6 heteroatoms. The van der Waals surface area contributed by atoms with Gasteiger partial charge in [0, 0.05) is 19.3 Å². The Balaban J connectivity index is 4.15. The fraction of sp³-hybridized carbons (Fsp3) is 0.949. The van der Waals surface area contributed by atoms with E-state index in [9.17, 15) is 14.7 Å². The smallest absolute Gasteiger partial charge is 0.306 e. The highest BCUT2D eigenvalue weighted by Gasteiger charge is 2.17. The van der Waals surface area contributed by atoms with Crippen molar-refractivity contribution >= 4 is 11.9 Å². The first-order chi connectivity index (χ1) is 22.1. The Morgan fingerprint density at radius 2 is 0.822 bits per heavy atom. The molecule has 0 rings (SSSR count). The van der Waals surface area contributed by atoms with Crippen LogP contribution in [0.1, 0.15) is 207 Å². The van der Waals surface area contributed by atoms with E-state index in [4.69, 9.17) is 14.2 Å². The van der Waals surface area contributed by atoms with Crippen LogP contribution in [0.5, 0.6) is 0 Å². The molecule has 0 saturated carbocycles. The van der Waals surface area contributed by atoms with Gasteiger partial charge in [-0.25, -0.2) is 0 Å². The third kappa shape index (κ3) is 32.6. The summed E-state index contributed by atoms with van der Waals surface area (Å²) in [6.45, 7) is 7.04. The van der Waals surface area contributed by atoms with Gasteiger partial charge in [-0.05, 0) is 25.7 Å². The van der Waals surface area contributed by atoms with Crippen LogP contribution in [-0.2, 0) is 23.8 Å². The number of carbonyl (C=O) groups excluding carboxylic acids is 2. The molecule has 6 nitrogen and oxygen atoms in total. The molecule has 0 radical (unpaired) electrons. The summed E-state index contributed by atoms with van der Waals surface area (Å²) in [4.78, 5) is 24.8. The lowest BCUT2D eigenvalue weighted by Crippen LogP contribution is -2.28. The van der Waals surface area contributed by atoms with E-state index < -0.39 is 6.10 Å². The van der Waals surface area contributed by atoms with Crippen molar-refractivity contribution in [2.45, 2.75) is 219 Å². The molecule has 1 N–H and O–H groups in total. The molecular formula is C39H76O6. The Morgan fingerprint density at radius 1 is 0.467 bits per heavy atom. The summed E-state index contributed by atoms with van der Waals surface area (Å²) in [5, 5.41) is 9.71. The first-order valence-corrected chi connectivity index (χ1v) is 19.6. The SMILES string of the molecule is CCCCCCCCCCCCCC(=O)O[C@H](CO)COCC[C@@H](CCCCCCC)OC(=O)CCCCCCCCCCC. The second kappa shape index (κ2) is 35.7. The number of rotatable bonds is 36. The van der Waals surface area contributed by atoms with Crippen LogP contribution in [0.2, 0.25) is 0 Å². The van der Waals surface area contributed by atoms with Gasteiger partial charge in [0.25, 0.3) is 0 Å². The monoisotopic (exact) mass is 641 g/mol. The fourth-order valence-electron chi connectivity index (χ4n) is 5.79. The van der Waals surface area contributed by atoms with Gasteiger partial charge in [0.1, 0.15) is 12.2 Å². The minimum atomic E-state index is -0.646. The number of aliphatic hydroxyl groups excluding tert-OH is 1. The van der Waals surface area contributed by atoms with Crippen LogP contribution >= 0.6 is 0 Å². The van der Waals surface area contributed by atoms with E-state index in [0.717, 1.165) is 51.4 Å². The van der Waals surface area contributed by atoms with Crippen LogP contribution in [0.25, 0.3) is 0 Å². The quantitative estimate of drug-likeness (QED) is 0.0542. The fourth-order valence-corrected chi connectivity index (χ4v) is 5.79. The summed E-state index contributed by atoms with van der Waals surface area (Å²) >= 11 is 0. The number of carbonyl (C=O) groups is 2. The lowest BCUT2D eigenvalue weighted by molar-refractivity contribution is -0.156. The molecule has 2 atom stereocenters. The maximum Gasteiger partial charge on any atom is 0.306 e. The van der Waals surface area contributed by atoms with Crippen molar-refractivity contribution in [1.82, 2.24) is 0 Å². The topological polar surface area (TPSA) is 82.1 Å². The molecule has 0 aromatic heterocycles. The molecule has 0 saturated heterocycles. The second-order valence-electron chi connectivity index (χ2n) is 13.3. The van der Waals surface area contributed by atoms with Crippen molar-refractivity contribution in [2.24, 2.45) is 0 Å². The maximum atomic E-state index is 12.6. The molecule has 0 spiro atoms. The third-order valence-corrected chi connectivity index (χ3v) is 8.79. The van der Waals surface area contributed by atoms with Gasteiger partial charge in [-0.2, -0.15) is 0 Å². The molecule has 0 aromatic carbocycles. The Labute approximate surface area is 279 Å². The molecule has 0 aliphatic carbocycles. The van der Waals surface area contributed by atoms with Gasteiger partial charge in [-0.1, -0.05) is 162 Å². The van der Waals surface area contributed by atoms with E-state index in [1.165, 1.54) is 116 Å². The minimum Gasteiger partial charge on any atom is -0.462 e. The van der Waals surface area contributed by atoms with Gasteiger partial charge >= 0.3 is 11.9 Å². The van der Waals surface area contributed by atoms with Crippen LogP contribution in [0.3, 0.4) is 0 Å². The van der Waals surface area contributed by atoms with Gasteiger partial charge < -0.3 is 19.3 Å². The van der Waals surface area contributed by atoms with E-state index in [1.54, 1.807) is 0 Å². The van der Waals surface area contributed by atoms with Gasteiger partial charge in [0.05, 0.1) is 19.8 Å². The highest BCUT2D eigenvalue weighted by Crippen LogP contribution is 2.16. The number of esters is 2. The summed E-state index contributed by atoms with van der Waals surface area (Å²) < 4.78 is 17.1. The summed E-state index contributed by atoms with van der Waals surface area (Å²) in [6.07, 6.45) is 32.1. The van der Waals surface area contributed by atoms with E-state index in [-0.39, 0.29) is 31.3 Å². The number of hydrogen-bond acceptors (Lipinski definition) is 6. The van der Waals surface area contributed by atoms with Crippen molar-refractivity contribution in [2.75, 3.05) is 19.8 Å². The molecule has 0 unspecified atom stereocenters. The average Bonchev–Trinajstić information content (AvgIpc) is 3.03. The van der Waals surface area contributed by atoms with Crippen LogP contribution in [0.15, 0.2) is 0 Å². The lowest BCUT2D eigenvalue weighted by atomic mass is 10.1. The first kappa shape index (κ1) is 43.9. The Morgan fingerprint density at radius 3 is 1.22 bits per heavy atom. The molecule has 0 aromatic rings. The predicted octanol–water partition coefficient (Wildman–Crippen LogP) is 11.2. The Kier molecular flexibility index (Phi) is 34.8. The van der Waals surface area contributed by atoms with Gasteiger partial charge in [0.2, 0.25) is 0 Å².